The molecule has 0 amide bonds. The number of aryl methyl sites for hydroxylation is 1. The summed E-state index contributed by atoms with van der Waals surface area (Å²) in [6.07, 6.45) is 6.72. The molecule has 0 aliphatic heterocycles. The van der Waals surface area contributed by atoms with E-state index in [1.54, 1.807) is 6.20 Å². The Bertz CT molecular complexity index is 350. The van der Waals surface area contributed by atoms with Gasteiger partial charge in [0.05, 0.1) is 0 Å². The fourth-order valence-electron chi connectivity index (χ4n) is 1.12. The van der Waals surface area contributed by atoms with Gasteiger partial charge in [0.1, 0.15) is 6.61 Å². The lowest BCUT2D eigenvalue weighted by molar-refractivity contribution is 0.345. The third kappa shape index (κ3) is 3.88. The van der Waals surface area contributed by atoms with E-state index in [0.29, 0.717) is 18.4 Å². The number of nitrogens with one attached hydrogen (secondary N) is 1. The van der Waals surface area contributed by atoms with Crippen molar-refractivity contribution >= 4 is 5.95 Å². The van der Waals surface area contributed by atoms with E-state index < -0.39 is 0 Å². The Labute approximate surface area is 96.8 Å². The number of nitrogens with zero attached hydrogens (tertiary/aromatic N) is 2. The first-order valence-electron chi connectivity index (χ1n) is 5.59. The highest BCUT2D eigenvalue weighted by Gasteiger charge is 2.03. The Hall–Kier alpha value is -1.58. The van der Waals surface area contributed by atoms with E-state index in [-0.39, 0.29) is 0 Å². The maximum Gasteiger partial charge on any atom is 0.225 e. The maximum atomic E-state index is 5.52. The van der Waals surface area contributed by atoms with Crippen LogP contribution in [-0.2, 0) is 0 Å². The van der Waals surface area contributed by atoms with Gasteiger partial charge in [-0.2, -0.15) is 4.98 Å². The fraction of sp³-hybridized carbons (Fsp3) is 0.500. The van der Waals surface area contributed by atoms with E-state index in [0.717, 1.165) is 18.5 Å². The highest BCUT2D eigenvalue weighted by Crippen LogP contribution is 2.15. The van der Waals surface area contributed by atoms with Crippen LogP contribution in [-0.4, -0.2) is 23.1 Å². The third-order valence-corrected chi connectivity index (χ3v) is 2.01. The normalized spacial score (nSPS) is 10.7. The van der Waals surface area contributed by atoms with Crippen LogP contribution in [0.15, 0.2) is 18.3 Å². The molecule has 1 heterocycles. The minimum absolute atomic E-state index is 0.543. The molecule has 1 aromatic rings. The fourth-order valence-corrected chi connectivity index (χ4v) is 1.12. The first-order valence-corrected chi connectivity index (χ1v) is 5.59. The van der Waals surface area contributed by atoms with Gasteiger partial charge in [-0.05, 0) is 20.3 Å². The SMILES string of the molecule is C/C=C/COc1nc(NCCC)ncc1C. The van der Waals surface area contributed by atoms with E-state index in [1.807, 2.05) is 26.0 Å². The topological polar surface area (TPSA) is 47.0 Å². The minimum Gasteiger partial charge on any atom is -0.473 e. The van der Waals surface area contributed by atoms with E-state index in [9.17, 15) is 0 Å². The first kappa shape index (κ1) is 12.5. The van der Waals surface area contributed by atoms with Crippen LogP contribution in [0.2, 0.25) is 0 Å². The van der Waals surface area contributed by atoms with Gasteiger partial charge >= 0.3 is 0 Å². The van der Waals surface area contributed by atoms with Crippen molar-refractivity contribution in [2.24, 2.45) is 0 Å². The summed E-state index contributed by atoms with van der Waals surface area (Å²) in [6.45, 7) is 7.42. The first-order chi connectivity index (χ1) is 7.77. The summed E-state index contributed by atoms with van der Waals surface area (Å²) in [7, 11) is 0. The molecule has 1 aromatic heterocycles. The molecular weight excluding hydrogens is 202 g/mol. The van der Waals surface area contributed by atoms with Crippen LogP contribution in [0.1, 0.15) is 25.8 Å². The molecule has 0 atom stereocenters. The third-order valence-electron chi connectivity index (χ3n) is 2.01. The molecule has 0 aromatic carbocycles. The van der Waals surface area contributed by atoms with Gasteiger partial charge in [-0.1, -0.05) is 19.1 Å². The molecule has 4 nitrogen and oxygen atoms in total. The molecule has 0 saturated carbocycles. The smallest absolute Gasteiger partial charge is 0.225 e. The van der Waals surface area contributed by atoms with E-state index in [4.69, 9.17) is 4.74 Å². The Morgan fingerprint density at radius 3 is 3.00 bits per heavy atom. The summed E-state index contributed by atoms with van der Waals surface area (Å²) in [5, 5.41) is 3.13. The summed E-state index contributed by atoms with van der Waals surface area (Å²) in [4.78, 5) is 8.49. The molecular formula is C12H19N3O. The monoisotopic (exact) mass is 221 g/mol. The number of allylic oxidation sites excluding steroid dienone is 1. The van der Waals surface area contributed by atoms with Crippen molar-refractivity contribution in [2.45, 2.75) is 27.2 Å². The molecule has 0 aliphatic rings. The predicted octanol–water partition coefficient (Wildman–Crippen LogP) is 2.56. The van der Waals surface area contributed by atoms with E-state index in [2.05, 4.69) is 22.2 Å². The molecule has 1 rings (SSSR count). The number of rotatable bonds is 6. The molecule has 0 fully saturated rings. The standard InChI is InChI=1S/C12H19N3O/c1-4-6-8-16-11-10(3)9-14-12(15-11)13-7-5-2/h4,6,9H,5,7-8H2,1-3H3,(H,13,14,15)/b6-4+. The average Bonchev–Trinajstić information content (AvgIpc) is 2.30. The summed E-state index contributed by atoms with van der Waals surface area (Å²) >= 11 is 0. The molecule has 0 aliphatic carbocycles. The Morgan fingerprint density at radius 2 is 2.31 bits per heavy atom. The number of anilines is 1. The number of ether oxygens (including phenoxy) is 1. The summed E-state index contributed by atoms with van der Waals surface area (Å²) in [5.41, 5.74) is 0.951. The van der Waals surface area contributed by atoms with Crippen molar-refractivity contribution in [3.8, 4) is 5.88 Å². The minimum atomic E-state index is 0.543. The lowest BCUT2D eigenvalue weighted by Gasteiger charge is -2.08. The quantitative estimate of drug-likeness (QED) is 0.750. The van der Waals surface area contributed by atoms with Crippen molar-refractivity contribution in [2.75, 3.05) is 18.5 Å². The van der Waals surface area contributed by atoms with Gasteiger partial charge in [0, 0.05) is 18.3 Å². The molecule has 0 spiro atoms. The van der Waals surface area contributed by atoms with E-state index in [1.165, 1.54) is 0 Å². The van der Waals surface area contributed by atoms with Crippen molar-refractivity contribution in [1.29, 1.82) is 0 Å². The zero-order chi connectivity index (χ0) is 11.8. The molecule has 16 heavy (non-hydrogen) atoms. The number of hydrogen-bond donors (Lipinski definition) is 1. The molecule has 0 saturated heterocycles. The molecule has 0 bridgehead atoms. The van der Waals surface area contributed by atoms with Gasteiger partial charge in [0.25, 0.3) is 0 Å². The zero-order valence-electron chi connectivity index (χ0n) is 10.2. The average molecular weight is 221 g/mol. The van der Waals surface area contributed by atoms with Crippen molar-refractivity contribution < 1.29 is 4.74 Å². The van der Waals surface area contributed by atoms with Crippen molar-refractivity contribution in [3.63, 3.8) is 0 Å². The van der Waals surface area contributed by atoms with Crippen LogP contribution in [0.3, 0.4) is 0 Å². The van der Waals surface area contributed by atoms with Gasteiger partial charge in [0.2, 0.25) is 11.8 Å². The second-order valence-corrected chi connectivity index (χ2v) is 3.49. The summed E-state index contributed by atoms with van der Waals surface area (Å²) < 4.78 is 5.52. The van der Waals surface area contributed by atoms with Crippen LogP contribution in [0.25, 0.3) is 0 Å². The number of hydrogen-bond acceptors (Lipinski definition) is 4. The Morgan fingerprint density at radius 1 is 1.50 bits per heavy atom. The van der Waals surface area contributed by atoms with E-state index >= 15 is 0 Å². The summed E-state index contributed by atoms with van der Waals surface area (Å²) in [5.74, 6) is 1.27. The van der Waals surface area contributed by atoms with Crippen LogP contribution < -0.4 is 10.1 Å². The van der Waals surface area contributed by atoms with Gasteiger partial charge in [-0.25, -0.2) is 4.98 Å². The highest BCUT2D eigenvalue weighted by atomic mass is 16.5. The second kappa shape index (κ2) is 6.82. The van der Waals surface area contributed by atoms with Gasteiger partial charge < -0.3 is 10.1 Å². The molecule has 0 radical (unpaired) electrons. The highest BCUT2D eigenvalue weighted by molar-refractivity contribution is 5.32. The van der Waals surface area contributed by atoms with Gasteiger partial charge in [-0.15, -0.1) is 0 Å². The molecule has 4 heteroatoms. The van der Waals surface area contributed by atoms with Gasteiger partial charge in [-0.3, -0.25) is 0 Å². The van der Waals surface area contributed by atoms with Crippen LogP contribution in [0.4, 0.5) is 5.95 Å². The summed E-state index contributed by atoms with van der Waals surface area (Å²) in [6, 6.07) is 0. The predicted molar refractivity (Wildman–Crippen MR) is 65.9 cm³/mol. The Balaban J connectivity index is 2.66. The molecule has 88 valence electrons. The van der Waals surface area contributed by atoms with Crippen molar-refractivity contribution in [3.05, 3.63) is 23.9 Å². The zero-order valence-corrected chi connectivity index (χ0v) is 10.2. The lowest BCUT2D eigenvalue weighted by atomic mass is 10.4. The van der Waals surface area contributed by atoms with Crippen LogP contribution in [0.5, 0.6) is 5.88 Å². The van der Waals surface area contributed by atoms with Crippen LogP contribution >= 0.6 is 0 Å². The van der Waals surface area contributed by atoms with Crippen LogP contribution in [0, 0.1) is 6.92 Å². The molecule has 1 N–H and O–H groups in total. The second-order valence-electron chi connectivity index (χ2n) is 3.49. The molecule has 0 unspecified atom stereocenters. The maximum absolute atomic E-state index is 5.52. The largest absolute Gasteiger partial charge is 0.473 e. The number of aromatic nitrogens is 2. The van der Waals surface area contributed by atoms with Crippen molar-refractivity contribution in [1.82, 2.24) is 9.97 Å². The lowest BCUT2D eigenvalue weighted by Crippen LogP contribution is -2.06. The Kier molecular flexibility index (Phi) is 5.32. The van der Waals surface area contributed by atoms with Gasteiger partial charge in [0.15, 0.2) is 0 Å².